The molecule has 1 aromatic rings. The predicted molar refractivity (Wildman–Crippen MR) is 71.9 cm³/mol. The Labute approximate surface area is 125 Å². The highest BCUT2D eigenvalue weighted by atomic mass is 35.5. The lowest BCUT2D eigenvalue weighted by molar-refractivity contribution is -0.129. The van der Waals surface area contributed by atoms with Crippen LogP contribution in [0.4, 0.5) is 0 Å². The van der Waals surface area contributed by atoms with E-state index in [4.69, 9.17) is 39.5 Å². The third-order valence-electron chi connectivity index (χ3n) is 2.86. The number of rotatable bonds is 2. The van der Waals surface area contributed by atoms with Crippen LogP contribution in [-0.4, -0.2) is 22.8 Å². The number of ether oxygens (including phenoxy) is 1. The molecule has 102 valence electrons. The van der Waals surface area contributed by atoms with E-state index in [-0.39, 0.29) is 26.5 Å². The number of hydrogen-bond acceptors (Lipinski definition) is 4. The monoisotopic (exact) mass is 321 g/mol. The van der Waals surface area contributed by atoms with Crippen molar-refractivity contribution >= 4 is 46.6 Å². The Kier molecular flexibility index (Phi) is 4.66. The molecule has 4 nitrogen and oxygen atoms in total. The van der Waals surface area contributed by atoms with Crippen molar-refractivity contribution in [2.45, 2.75) is 31.8 Å². The highest BCUT2D eigenvalue weighted by Crippen LogP contribution is 2.31. The summed E-state index contributed by atoms with van der Waals surface area (Å²) >= 11 is 17.4. The fourth-order valence-corrected chi connectivity index (χ4v) is 2.40. The first-order valence-electron chi connectivity index (χ1n) is 5.74. The van der Waals surface area contributed by atoms with Crippen LogP contribution in [0.2, 0.25) is 15.1 Å². The van der Waals surface area contributed by atoms with Crippen LogP contribution in [0, 0.1) is 0 Å². The minimum atomic E-state index is -0.760. The molecule has 0 spiro atoms. The molecule has 1 atom stereocenters. The number of aromatic nitrogens is 1. The van der Waals surface area contributed by atoms with E-state index < -0.39 is 12.1 Å². The van der Waals surface area contributed by atoms with E-state index in [1.807, 2.05) is 0 Å². The van der Waals surface area contributed by atoms with Gasteiger partial charge in [0, 0.05) is 12.6 Å². The van der Waals surface area contributed by atoms with Gasteiger partial charge < -0.3 is 4.74 Å². The highest BCUT2D eigenvalue weighted by Gasteiger charge is 2.28. The molecular formula is C12H10Cl3NO3. The fourth-order valence-electron chi connectivity index (χ4n) is 1.85. The number of ketones is 1. The van der Waals surface area contributed by atoms with Crippen LogP contribution in [0.15, 0.2) is 6.20 Å². The highest BCUT2D eigenvalue weighted by molar-refractivity contribution is 6.48. The second kappa shape index (κ2) is 6.07. The van der Waals surface area contributed by atoms with Gasteiger partial charge in [-0.25, -0.2) is 9.78 Å². The molecule has 0 aromatic carbocycles. The molecule has 19 heavy (non-hydrogen) atoms. The molecule has 1 aliphatic rings. The Morgan fingerprint density at radius 3 is 2.68 bits per heavy atom. The first kappa shape index (κ1) is 14.6. The maximum Gasteiger partial charge on any atom is 0.359 e. The fraction of sp³-hybridized carbons (Fsp3) is 0.417. The minimum Gasteiger partial charge on any atom is -0.450 e. The molecule has 0 amide bonds. The first-order valence-corrected chi connectivity index (χ1v) is 6.87. The predicted octanol–water partition coefficient (Wildman–Crippen LogP) is 3.71. The van der Waals surface area contributed by atoms with Gasteiger partial charge in [-0.1, -0.05) is 34.8 Å². The van der Waals surface area contributed by atoms with Gasteiger partial charge in [-0.05, 0) is 19.3 Å². The SMILES string of the molecule is O=C(O[C@H]1CCCCC1=O)c1ncc(Cl)c(Cl)c1Cl. The van der Waals surface area contributed by atoms with E-state index in [2.05, 4.69) is 4.98 Å². The summed E-state index contributed by atoms with van der Waals surface area (Å²) in [6.45, 7) is 0. The van der Waals surface area contributed by atoms with Gasteiger partial charge in [0.15, 0.2) is 17.6 Å². The summed E-state index contributed by atoms with van der Waals surface area (Å²) in [5.74, 6) is -0.834. The molecule has 0 unspecified atom stereocenters. The van der Waals surface area contributed by atoms with Gasteiger partial charge in [0.1, 0.15) is 0 Å². The molecule has 0 radical (unpaired) electrons. The summed E-state index contributed by atoms with van der Waals surface area (Å²) in [5.41, 5.74) is -0.130. The van der Waals surface area contributed by atoms with Crippen LogP contribution in [0.3, 0.4) is 0 Å². The van der Waals surface area contributed by atoms with Crippen molar-refractivity contribution in [2.75, 3.05) is 0 Å². The quantitative estimate of drug-likeness (QED) is 0.779. The molecule has 0 N–H and O–H groups in total. The van der Waals surface area contributed by atoms with Gasteiger partial charge in [-0.15, -0.1) is 0 Å². The Balaban J connectivity index is 2.16. The molecule has 0 saturated heterocycles. The number of carbonyl (C=O) groups excluding carboxylic acids is 2. The van der Waals surface area contributed by atoms with Crippen molar-refractivity contribution in [3.8, 4) is 0 Å². The van der Waals surface area contributed by atoms with E-state index >= 15 is 0 Å². The van der Waals surface area contributed by atoms with Crippen molar-refractivity contribution in [3.05, 3.63) is 27.0 Å². The number of halogens is 3. The molecule has 0 bridgehead atoms. The zero-order valence-electron chi connectivity index (χ0n) is 9.79. The lowest BCUT2D eigenvalue weighted by Gasteiger charge is -2.20. The van der Waals surface area contributed by atoms with Crippen LogP contribution in [0.5, 0.6) is 0 Å². The van der Waals surface area contributed by atoms with Crippen LogP contribution in [0.25, 0.3) is 0 Å². The Morgan fingerprint density at radius 1 is 1.26 bits per heavy atom. The third kappa shape index (κ3) is 3.19. The second-order valence-electron chi connectivity index (χ2n) is 4.19. The zero-order valence-corrected chi connectivity index (χ0v) is 12.1. The zero-order chi connectivity index (χ0) is 14.0. The van der Waals surface area contributed by atoms with Crippen LogP contribution in [-0.2, 0) is 9.53 Å². The first-order chi connectivity index (χ1) is 9.00. The molecule has 1 heterocycles. The Morgan fingerprint density at radius 2 is 2.00 bits per heavy atom. The lowest BCUT2D eigenvalue weighted by atomic mass is 9.96. The van der Waals surface area contributed by atoms with E-state index in [1.54, 1.807) is 0 Å². The van der Waals surface area contributed by atoms with Gasteiger partial charge in [0.25, 0.3) is 0 Å². The van der Waals surface area contributed by atoms with Gasteiger partial charge in [-0.3, -0.25) is 4.79 Å². The second-order valence-corrected chi connectivity index (χ2v) is 5.35. The van der Waals surface area contributed by atoms with Crippen LogP contribution < -0.4 is 0 Å². The molecule has 1 fully saturated rings. The summed E-state index contributed by atoms with van der Waals surface area (Å²) in [6.07, 6.45) is 3.15. The molecule has 0 aliphatic heterocycles. The van der Waals surface area contributed by atoms with Crippen LogP contribution >= 0.6 is 34.8 Å². The van der Waals surface area contributed by atoms with Gasteiger partial charge in [-0.2, -0.15) is 0 Å². The molecule has 7 heteroatoms. The minimum absolute atomic E-state index is 0.0419. The summed E-state index contributed by atoms with van der Waals surface area (Å²) in [6, 6.07) is 0. The third-order valence-corrected chi connectivity index (χ3v) is 4.10. The van der Waals surface area contributed by atoms with E-state index in [9.17, 15) is 9.59 Å². The van der Waals surface area contributed by atoms with Crippen molar-refractivity contribution < 1.29 is 14.3 Å². The van der Waals surface area contributed by atoms with Gasteiger partial charge >= 0.3 is 5.97 Å². The van der Waals surface area contributed by atoms with Crippen LogP contribution in [0.1, 0.15) is 36.2 Å². The number of hydrogen-bond donors (Lipinski definition) is 0. The topological polar surface area (TPSA) is 56.3 Å². The van der Waals surface area contributed by atoms with Gasteiger partial charge in [0.2, 0.25) is 0 Å². The standard InChI is InChI=1S/C12H10Cl3NO3/c13-6-5-16-11(10(15)9(6)14)12(18)19-8-4-2-1-3-7(8)17/h5,8H,1-4H2/t8-/m0/s1. The van der Waals surface area contributed by atoms with Crippen molar-refractivity contribution in [1.82, 2.24) is 4.98 Å². The number of nitrogens with zero attached hydrogens (tertiary/aromatic N) is 1. The van der Waals surface area contributed by atoms with Gasteiger partial charge in [0.05, 0.1) is 15.1 Å². The summed E-state index contributed by atoms with van der Waals surface area (Å²) < 4.78 is 5.13. The smallest absolute Gasteiger partial charge is 0.359 e. The normalized spacial score (nSPS) is 19.3. The Bertz CT molecular complexity index is 533. The average molecular weight is 323 g/mol. The molecule has 1 aromatic heterocycles. The number of esters is 1. The average Bonchev–Trinajstić information content (AvgIpc) is 2.39. The largest absolute Gasteiger partial charge is 0.450 e. The summed E-state index contributed by atoms with van der Waals surface area (Å²) in [5, 5.41) is 0.125. The molecule has 1 saturated carbocycles. The molecule has 2 rings (SSSR count). The maximum atomic E-state index is 11.9. The van der Waals surface area contributed by atoms with E-state index in [0.717, 1.165) is 12.8 Å². The van der Waals surface area contributed by atoms with E-state index in [0.29, 0.717) is 12.8 Å². The summed E-state index contributed by atoms with van der Waals surface area (Å²) in [7, 11) is 0. The van der Waals surface area contributed by atoms with Crippen molar-refractivity contribution in [3.63, 3.8) is 0 Å². The number of pyridine rings is 1. The van der Waals surface area contributed by atoms with E-state index in [1.165, 1.54) is 6.20 Å². The number of carbonyl (C=O) groups is 2. The Hall–Kier alpha value is -0.840. The van der Waals surface area contributed by atoms with Crippen molar-refractivity contribution in [2.24, 2.45) is 0 Å². The lowest BCUT2D eigenvalue weighted by Crippen LogP contribution is -2.30. The number of Topliss-reactive ketones (excluding diaryl/α,β-unsaturated/α-hetero) is 1. The molecule has 1 aliphatic carbocycles. The molecular weight excluding hydrogens is 312 g/mol. The summed E-state index contributed by atoms with van der Waals surface area (Å²) in [4.78, 5) is 27.3. The van der Waals surface area contributed by atoms with Crippen molar-refractivity contribution in [1.29, 1.82) is 0 Å². The maximum absolute atomic E-state index is 11.9.